The lowest BCUT2D eigenvalue weighted by Gasteiger charge is -2.06. The van der Waals surface area contributed by atoms with Crippen molar-refractivity contribution >= 4 is 17.9 Å². The van der Waals surface area contributed by atoms with Crippen molar-refractivity contribution in [1.29, 1.82) is 0 Å². The number of carbonyl (C=O) groups is 2. The monoisotopic (exact) mass is 282 g/mol. The highest BCUT2D eigenvalue weighted by molar-refractivity contribution is 5.99. The molecule has 0 saturated heterocycles. The molecule has 2 aromatic carbocycles. The Morgan fingerprint density at radius 1 is 0.905 bits per heavy atom. The van der Waals surface area contributed by atoms with E-state index >= 15 is 0 Å². The van der Waals surface area contributed by atoms with Crippen LogP contribution in [0, 0.1) is 0 Å². The average molecular weight is 282 g/mol. The minimum Gasteiger partial charge on any atom is -0.507 e. The third-order valence-corrected chi connectivity index (χ3v) is 2.67. The second kappa shape index (κ2) is 6.91. The number of nitrogens with one attached hydrogen (secondary N) is 2. The Kier molecular flexibility index (Phi) is 4.71. The van der Waals surface area contributed by atoms with Crippen molar-refractivity contribution in [2.24, 2.45) is 0 Å². The molecule has 0 radical (unpaired) electrons. The first-order valence-corrected chi connectivity index (χ1v) is 6.28. The van der Waals surface area contributed by atoms with Gasteiger partial charge in [0.1, 0.15) is 5.75 Å². The minimum absolute atomic E-state index is 0.0878. The van der Waals surface area contributed by atoms with Gasteiger partial charge in [-0.15, -0.1) is 0 Å². The Morgan fingerprint density at radius 3 is 2.29 bits per heavy atom. The van der Waals surface area contributed by atoms with Crippen LogP contribution in [0.2, 0.25) is 0 Å². The molecule has 0 fully saturated rings. The topological polar surface area (TPSA) is 78.4 Å². The van der Waals surface area contributed by atoms with Gasteiger partial charge in [-0.05, 0) is 23.8 Å². The molecule has 2 rings (SSSR count). The molecule has 2 aromatic rings. The molecule has 0 bridgehead atoms. The van der Waals surface area contributed by atoms with Gasteiger partial charge in [0.05, 0.1) is 5.56 Å². The lowest BCUT2D eigenvalue weighted by molar-refractivity contribution is -0.117. The molecule has 0 aliphatic rings. The van der Waals surface area contributed by atoms with Gasteiger partial charge >= 0.3 is 0 Å². The van der Waals surface area contributed by atoms with E-state index in [-0.39, 0.29) is 11.3 Å². The van der Waals surface area contributed by atoms with Crippen LogP contribution >= 0.6 is 0 Å². The number of hydrogen-bond donors (Lipinski definition) is 3. The van der Waals surface area contributed by atoms with Crippen molar-refractivity contribution in [3.8, 4) is 5.75 Å². The molecule has 0 spiro atoms. The Bertz CT molecular complexity index is 666. The molecule has 5 nitrogen and oxygen atoms in total. The summed E-state index contributed by atoms with van der Waals surface area (Å²) in [6, 6.07) is 15.4. The molecule has 21 heavy (non-hydrogen) atoms. The second-order valence-electron chi connectivity index (χ2n) is 4.20. The van der Waals surface area contributed by atoms with Crippen LogP contribution < -0.4 is 10.9 Å². The predicted molar refractivity (Wildman–Crippen MR) is 79.2 cm³/mol. The van der Waals surface area contributed by atoms with Crippen molar-refractivity contribution < 1.29 is 14.7 Å². The van der Waals surface area contributed by atoms with Crippen molar-refractivity contribution in [2.45, 2.75) is 0 Å². The van der Waals surface area contributed by atoms with Gasteiger partial charge in [0.15, 0.2) is 0 Å². The highest BCUT2D eigenvalue weighted by Crippen LogP contribution is 2.14. The number of hydrazine groups is 1. The van der Waals surface area contributed by atoms with Gasteiger partial charge < -0.3 is 5.11 Å². The number of aromatic hydroxyl groups is 1. The molecular weight excluding hydrogens is 268 g/mol. The highest BCUT2D eigenvalue weighted by atomic mass is 16.3. The number of hydrogen-bond acceptors (Lipinski definition) is 3. The van der Waals surface area contributed by atoms with Crippen LogP contribution in [0.3, 0.4) is 0 Å². The maximum Gasteiger partial charge on any atom is 0.273 e. The van der Waals surface area contributed by atoms with E-state index in [0.717, 1.165) is 5.56 Å². The summed E-state index contributed by atoms with van der Waals surface area (Å²) in [5.74, 6) is -1.21. The van der Waals surface area contributed by atoms with Crippen molar-refractivity contribution in [3.63, 3.8) is 0 Å². The van der Waals surface area contributed by atoms with Crippen LogP contribution in [-0.4, -0.2) is 16.9 Å². The lowest BCUT2D eigenvalue weighted by Crippen LogP contribution is -2.40. The number of para-hydroxylation sites is 1. The molecule has 0 atom stereocenters. The lowest BCUT2D eigenvalue weighted by atomic mass is 10.2. The summed E-state index contributed by atoms with van der Waals surface area (Å²) in [7, 11) is 0. The van der Waals surface area contributed by atoms with E-state index < -0.39 is 11.8 Å². The maximum atomic E-state index is 11.7. The highest BCUT2D eigenvalue weighted by Gasteiger charge is 2.09. The van der Waals surface area contributed by atoms with Crippen LogP contribution in [-0.2, 0) is 4.79 Å². The Labute approximate surface area is 121 Å². The van der Waals surface area contributed by atoms with Crippen LogP contribution in [0.1, 0.15) is 15.9 Å². The average Bonchev–Trinajstić information content (AvgIpc) is 2.52. The smallest absolute Gasteiger partial charge is 0.273 e. The molecule has 0 saturated carbocycles. The normalized spacial score (nSPS) is 10.3. The van der Waals surface area contributed by atoms with Gasteiger partial charge in [-0.3, -0.25) is 20.4 Å². The number of phenolic OH excluding ortho intramolecular Hbond substituents is 1. The van der Waals surface area contributed by atoms with E-state index in [1.54, 1.807) is 18.2 Å². The fourth-order valence-corrected chi connectivity index (χ4v) is 1.63. The van der Waals surface area contributed by atoms with Crippen LogP contribution in [0.4, 0.5) is 0 Å². The largest absolute Gasteiger partial charge is 0.507 e. The number of benzene rings is 2. The van der Waals surface area contributed by atoms with Crippen LogP contribution in [0.15, 0.2) is 60.7 Å². The number of phenols is 1. The summed E-state index contributed by atoms with van der Waals surface area (Å²) >= 11 is 0. The number of rotatable bonds is 3. The number of amides is 2. The SMILES string of the molecule is O=C(/C=C/c1ccccc1)NNC(=O)c1ccccc1O. The van der Waals surface area contributed by atoms with Crippen molar-refractivity contribution in [1.82, 2.24) is 10.9 Å². The zero-order chi connectivity index (χ0) is 15.1. The summed E-state index contributed by atoms with van der Waals surface area (Å²) in [5.41, 5.74) is 5.43. The van der Waals surface area contributed by atoms with Gasteiger partial charge in [-0.25, -0.2) is 0 Å². The molecule has 0 aliphatic heterocycles. The van der Waals surface area contributed by atoms with E-state index in [4.69, 9.17) is 0 Å². The molecule has 0 aromatic heterocycles. The standard InChI is InChI=1S/C16H14N2O3/c19-14-9-5-4-8-13(14)16(21)18-17-15(20)11-10-12-6-2-1-3-7-12/h1-11,19H,(H,17,20)(H,18,21)/b11-10+. The van der Waals surface area contributed by atoms with Gasteiger partial charge in [0.25, 0.3) is 11.8 Å². The Balaban J connectivity index is 1.88. The second-order valence-corrected chi connectivity index (χ2v) is 4.20. The van der Waals surface area contributed by atoms with Crippen LogP contribution in [0.5, 0.6) is 5.75 Å². The van der Waals surface area contributed by atoms with E-state index in [0.29, 0.717) is 0 Å². The Hall–Kier alpha value is -3.08. The quantitative estimate of drug-likeness (QED) is 0.594. The third-order valence-electron chi connectivity index (χ3n) is 2.67. The molecule has 0 unspecified atom stereocenters. The molecule has 3 N–H and O–H groups in total. The first-order valence-electron chi connectivity index (χ1n) is 6.28. The molecule has 5 heteroatoms. The first-order chi connectivity index (χ1) is 10.2. The molecule has 0 aliphatic carbocycles. The van der Waals surface area contributed by atoms with E-state index in [9.17, 15) is 14.7 Å². The van der Waals surface area contributed by atoms with Gasteiger partial charge in [0, 0.05) is 6.08 Å². The summed E-state index contributed by atoms with van der Waals surface area (Å²) in [5, 5.41) is 9.51. The summed E-state index contributed by atoms with van der Waals surface area (Å²) < 4.78 is 0. The van der Waals surface area contributed by atoms with E-state index in [1.807, 2.05) is 30.3 Å². The van der Waals surface area contributed by atoms with Crippen LogP contribution in [0.25, 0.3) is 6.08 Å². The summed E-state index contributed by atoms with van der Waals surface area (Å²) in [4.78, 5) is 23.3. The van der Waals surface area contributed by atoms with E-state index in [1.165, 1.54) is 18.2 Å². The first kappa shape index (κ1) is 14.3. The van der Waals surface area contributed by atoms with Crippen molar-refractivity contribution in [3.05, 3.63) is 71.8 Å². The summed E-state index contributed by atoms with van der Waals surface area (Å²) in [6.07, 6.45) is 2.93. The Morgan fingerprint density at radius 2 is 1.57 bits per heavy atom. The zero-order valence-electron chi connectivity index (χ0n) is 11.1. The third kappa shape index (κ3) is 4.21. The van der Waals surface area contributed by atoms with Gasteiger partial charge in [0.2, 0.25) is 0 Å². The molecule has 0 heterocycles. The predicted octanol–water partition coefficient (Wildman–Crippen LogP) is 1.87. The molecule has 2 amide bonds. The fraction of sp³-hybridized carbons (Fsp3) is 0. The van der Waals surface area contributed by atoms with Gasteiger partial charge in [-0.1, -0.05) is 42.5 Å². The zero-order valence-corrected chi connectivity index (χ0v) is 11.1. The fourth-order valence-electron chi connectivity index (χ4n) is 1.63. The minimum atomic E-state index is -0.588. The number of carbonyl (C=O) groups excluding carboxylic acids is 2. The van der Waals surface area contributed by atoms with E-state index in [2.05, 4.69) is 10.9 Å². The maximum absolute atomic E-state index is 11.7. The summed E-state index contributed by atoms with van der Waals surface area (Å²) in [6.45, 7) is 0. The van der Waals surface area contributed by atoms with Gasteiger partial charge in [-0.2, -0.15) is 0 Å². The molecular formula is C16H14N2O3. The molecule has 106 valence electrons. The van der Waals surface area contributed by atoms with Crippen molar-refractivity contribution in [2.75, 3.05) is 0 Å².